The number of carbonyl (C=O) groups is 4. The maximum atomic E-state index is 11.8. The van der Waals surface area contributed by atoms with Gasteiger partial charge in [0.05, 0.1) is 0 Å². The van der Waals surface area contributed by atoms with Crippen molar-refractivity contribution in [1.82, 2.24) is 0 Å². The second-order valence-electron chi connectivity index (χ2n) is 4.31. The molecule has 4 atom stereocenters. The third-order valence-corrected chi connectivity index (χ3v) is 3.18. The first-order chi connectivity index (χ1) is 9.76. The average molecular weight is 367 g/mol. The molecule has 118 valence electrons. The Morgan fingerprint density at radius 2 is 1.71 bits per heavy atom. The fraction of sp³-hybridized carbons (Fsp3) is 0.667. The topological polar surface area (TPSA) is 105 Å². The molecule has 0 aromatic rings. The summed E-state index contributed by atoms with van der Waals surface area (Å²) < 4.78 is 19.9. The molecule has 0 N–H and O–H groups in total. The largest absolute Gasteiger partial charge is 0.458 e. The Hall–Kier alpha value is -1.64. The molecule has 0 radical (unpaired) electrons. The van der Waals surface area contributed by atoms with E-state index in [9.17, 15) is 19.2 Å². The van der Waals surface area contributed by atoms with Crippen molar-refractivity contribution in [3.05, 3.63) is 0 Å². The zero-order valence-corrected chi connectivity index (χ0v) is 13.2. The lowest BCUT2D eigenvalue weighted by Gasteiger charge is -2.25. The first-order valence-electron chi connectivity index (χ1n) is 6.04. The predicted molar refractivity (Wildman–Crippen MR) is 70.3 cm³/mol. The highest BCUT2D eigenvalue weighted by Crippen LogP contribution is 2.27. The minimum atomic E-state index is -1.38. The number of rotatable bonds is 5. The van der Waals surface area contributed by atoms with Crippen molar-refractivity contribution >= 4 is 39.8 Å². The Morgan fingerprint density at radius 3 is 2.14 bits per heavy atom. The van der Waals surface area contributed by atoms with E-state index in [0.717, 1.165) is 13.8 Å². The molecule has 21 heavy (non-hydrogen) atoms. The van der Waals surface area contributed by atoms with Gasteiger partial charge in [-0.1, -0.05) is 15.9 Å². The second kappa shape index (κ2) is 7.39. The maximum absolute atomic E-state index is 11.8. The molecule has 0 saturated carbocycles. The zero-order chi connectivity index (χ0) is 16.2. The lowest BCUT2D eigenvalue weighted by Crippen LogP contribution is -2.45. The lowest BCUT2D eigenvalue weighted by atomic mass is 10.1. The Kier molecular flexibility index (Phi) is 6.13. The van der Waals surface area contributed by atoms with Crippen molar-refractivity contribution in [2.75, 3.05) is 5.33 Å². The number of halogens is 1. The molecule has 9 heteroatoms. The fourth-order valence-corrected chi connectivity index (χ4v) is 2.38. The quantitative estimate of drug-likeness (QED) is 0.383. The summed E-state index contributed by atoms with van der Waals surface area (Å²) in [4.78, 5) is 45.0. The van der Waals surface area contributed by atoms with Crippen LogP contribution in [0, 0.1) is 0 Å². The summed E-state index contributed by atoms with van der Waals surface area (Å²) in [5, 5.41) is 0.148. The standard InChI is InChI=1S/C12H15BrO8/c1-5(14)18-8(4-13)9-10(19-6(2)15)11(12(17)21-9)20-7(3)16/h8-11H,4H2,1-3H3/t8-,9+,10+,11-/m0/s1. The van der Waals surface area contributed by atoms with Gasteiger partial charge in [-0.25, -0.2) is 4.79 Å². The molecule has 0 amide bonds. The highest BCUT2D eigenvalue weighted by atomic mass is 79.9. The fourth-order valence-electron chi connectivity index (χ4n) is 1.88. The SMILES string of the molecule is CC(=O)O[C@@H]1[C@@H]([C@H](CBr)OC(C)=O)OC(=O)[C@H]1OC(C)=O. The van der Waals surface area contributed by atoms with Crippen LogP contribution in [0.2, 0.25) is 0 Å². The number of cyclic esters (lactones) is 1. The van der Waals surface area contributed by atoms with E-state index in [-0.39, 0.29) is 5.33 Å². The Labute approximate surface area is 129 Å². The van der Waals surface area contributed by atoms with Gasteiger partial charge in [0, 0.05) is 26.1 Å². The third-order valence-electron chi connectivity index (χ3n) is 2.54. The van der Waals surface area contributed by atoms with Gasteiger partial charge in [0.25, 0.3) is 0 Å². The zero-order valence-electron chi connectivity index (χ0n) is 11.7. The van der Waals surface area contributed by atoms with Crippen molar-refractivity contribution in [2.45, 2.75) is 45.2 Å². The van der Waals surface area contributed by atoms with Gasteiger partial charge in [0.1, 0.15) is 0 Å². The van der Waals surface area contributed by atoms with Gasteiger partial charge >= 0.3 is 23.9 Å². The summed E-state index contributed by atoms with van der Waals surface area (Å²) in [5.74, 6) is -2.86. The van der Waals surface area contributed by atoms with E-state index < -0.39 is 48.3 Å². The summed E-state index contributed by atoms with van der Waals surface area (Å²) in [6.07, 6.45) is -4.50. The molecule has 1 fully saturated rings. The molecule has 0 unspecified atom stereocenters. The predicted octanol–water partition coefficient (Wildman–Crippen LogP) is 0.102. The molecule has 8 nitrogen and oxygen atoms in total. The minimum Gasteiger partial charge on any atom is -0.458 e. The summed E-state index contributed by atoms with van der Waals surface area (Å²) in [5.41, 5.74) is 0. The van der Waals surface area contributed by atoms with Crippen molar-refractivity contribution in [3.8, 4) is 0 Å². The Balaban J connectivity index is 2.99. The van der Waals surface area contributed by atoms with Crippen LogP contribution in [0.15, 0.2) is 0 Å². The normalized spacial score (nSPS) is 25.7. The molecule has 0 aliphatic carbocycles. The number of esters is 4. The van der Waals surface area contributed by atoms with Gasteiger partial charge in [0.15, 0.2) is 18.3 Å². The van der Waals surface area contributed by atoms with Gasteiger partial charge in [-0.05, 0) is 0 Å². The van der Waals surface area contributed by atoms with E-state index in [1.54, 1.807) is 0 Å². The number of hydrogen-bond donors (Lipinski definition) is 0. The van der Waals surface area contributed by atoms with Crippen molar-refractivity contribution < 1.29 is 38.1 Å². The summed E-state index contributed by atoms with van der Waals surface area (Å²) in [7, 11) is 0. The van der Waals surface area contributed by atoms with Crippen molar-refractivity contribution in [3.63, 3.8) is 0 Å². The van der Waals surface area contributed by atoms with E-state index in [4.69, 9.17) is 18.9 Å². The van der Waals surface area contributed by atoms with Crippen LogP contribution < -0.4 is 0 Å². The van der Waals surface area contributed by atoms with Crippen LogP contribution in [-0.2, 0) is 38.1 Å². The van der Waals surface area contributed by atoms with Gasteiger partial charge < -0.3 is 18.9 Å². The van der Waals surface area contributed by atoms with Crippen molar-refractivity contribution in [1.29, 1.82) is 0 Å². The van der Waals surface area contributed by atoms with Crippen LogP contribution in [0.5, 0.6) is 0 Å². The van der Waals surface area contributed by atoms with Gasteiger partial charge in [0.2, 0.25) is 6.10 Å². The summed E-state index contributed by atoms with van der Waals surface area (Å²) >= 11 is 3.12. The molecule has 0 aromatic heterocycles. The van der Waals surface area contributed by atoms with Gasteiger partial charge in [-0.3, -0.25) is 14.4 Å². The minimum absolute atomic E-state index is 0.148. The first-order valence-corrected chi connectivity index (χ1v) is 7.16. The van der Waals surface area contributed by atoms with E-state index in [1.807, 2.05) is 0 Å². The molecule has 0 bridgehead atoms. The van der Waals surface area contributed by atoms with Gasteiger partial charge in [-0.15, -0.1) is 0 Å². The van der Waals surface area contributed by atoms with Crippen molar-refractivity contribution in [2.24, 2.45) is 0 Å². The molecule has 1 aliphatic rings. The molecular formula is C12H15BrO8. The number of ether oxygens (including phenoxy) is 4. The molecule has 1 aliphatic heterocycles. The van der Waals surface area contributed by atoms with Crippen LogP contribution in [0.1, 0.15) is 20.8 Å². The number of carbonyl (C=O) groups excluding carboxylic acids is 4. The van der Waals surface area contributed by atoms with E-state index in [1.165, 1.54) is 6.92 Å². The monoisotopic (exact) mass is 366 g/mol. The summed E-state index contributed by atoms with van der Waals surface area (Å²) in [6.45, 7) is 3.44. The van der Waals surface area contributed by atoms with Crippen LogP contribution in [0.25, 0.3) is 0 Å². The van der Waals surface area contributed by atoms with Crippen LogP contribution >= 0.6 is 15.9 Å². The number of hydrogen-bond acceptors (Lipinski definition) is 8. The maximum Gasteiger partial charge on any atom is 0.352 e. The molecule has 1 saturated heterocycles. The summed E-state index contributed by atoms with van der Waals surface area (Å²) in [6, 6.07) is 0. The lowest BCUT2D eigenvalue weighted by molar-refractivity contribution is -0.168. The van der Waals surface area contributed by atoms with Crippen LogP contribution in [0.3, 0.4) is 0 Å². The molecule has 1 rings (SSSR count). The van der Waals surface area contributed by atoms with E-state index in [0.29, 0.717) is 0 Å². The smallest absolute Gasteiger partial charge is 0.352 e. The molecule has 0 aromatic carbocycles. The molecule has 0 spiro atoms. The molecular weight excluding hydrogens is 352 g/mol. The Bertz CT molecular complexity index is 449. The average Bonchev–Trinajstić information content (AvgIpc) is 2.63. The first kappa shape index (κ1) is 17.4. The molecule has 1 heterocycles. The van der Waals surface area contributed by atoms with Crippen LogP contribution in [-0.4, -0.2) is 53.6 Å². The van der Waals surface area contributed by atoms with Gasteiger partial charge in [-0.2, -0.15) is 0 Å². The second-order valence-corrected chi connectivity index (χ2v) is 4.96. The van der Waals surface area contributed by atoms with Crippen LogP contribution in [0.4, 0.5) is 0 Å². The highest BCUT2D eigenvalue weighted by Gasteiger charge is 2.53. The number of alkyl halides is 1. The Morgan fingerprint density at radius 1 is 1.14 bits per heavy atom. The third kappa shape index (κ3) is 4.69. The highest BCUT2D eigenvalue weighted by molar-refractivity contribution is 9.09. The van der Waals surface area contributed by atoms with E-state index >= 15 is 0 Å². The van der Waals surface area contributed by atoms with E-state index in [2.05, 4.69) is 15.9 Å².